The van der Waals surface area contributed by atoms with Gasteiger partial charge in [0.25, 0.3) is 0 Å². The fourth-order valence-corrected chi connectivity index (χ4v) is 2.03. The molecule has 2 aromatic rings. The number of rotatable bonds is 2. The third-order valence-corrected chi connectivity index (χ3v) is 2.94. The molecule has 0 saturated heterocycles. The highest BCUT2D eigenvalue weighted by atomic mass is 35.5. The fourth-order valence-electron chi connectivity index (χ4n) is 1.80. The van der Waals surface area contributed by atoms with Crippen LogP contribution in [0.3, 0.4) is 0 Å². The minimum atomic E-state index is -0.211. The van der Waals surface area contributed by atoms with Gasteiger partial charge < -0.3 is 10.3 Å². The van der Waals surface area contributed by atoms with Gasteiger partial charge in [-0.2, -0.15) is 0 Å². The van der Waals surface area contributed by atoms with E-state index in [-0.39, 0.29) is 6.04 Å². The molecule has 1 heterocycles. The van der Waals surface area contributed by atoms with Gasteiger partial charge in [0, 0.05) is 24.5 Å². The maximum atomic E-state index is 6.19. The first-order valence-corrected chi connectivity index (χ1v) is 5.46. The zero-order valence-electron chi connectivity index (χ0n) is 9.31. The Morgan fingerprint density at radius 2 is 2.19 bits per heavy atom. The Labute approximate surface area is 99.9 Å². The average molecular weight is 236 g/mol. The summed E-state index contributed by atoms with van der Waals surface area (Å²) >= 11 is 5.92. The Kier molecular flexibility index (Phi) is 2.99. The number of benzene rings is 1. The van der Waals surface area contributed by atoms with E-state index in [0.717, 1.165) is 22.0 Å². The molecule has 3 nitrogen and oxygen atoms in total. The molecule has 84 valence electrons. The Morgan fingerprint density at radius 3 is 2.75 bits per heavy atom. The number of imidazole rings is 1. The zero-order chi connectivity index (χ0) is 11.7. The van der Waals surface area contributed by atoms with Gasteiger partial charge in [-0.15, -0.1) is 0 Å². The van der Waals surface area contributed by atoms with Crippen LogP contribution in [0.5, 0.6) is 0 Å². The van der Waals surface area contributed by atoms with Gasteiger partial charge in [0.1, 0.15) is 5.82 Å². The highest BCUT2D eigenvalue weighted by Crippen LogP contribution is 2.23. The minimum Gasteiger partial charge on any atom is -0.336 e. The summed E-state index contributed by atoms with van der Waals surface area (Å²) in [4.78, 5) is 4.26. The van der Waals surface area contributed by atoms with Crippen molar-refractivity contribution >= 4 is 11.6 Å². The first-order valence-electron chi connectivity index (χ1n) is 5.08. The van der Waals surface area contributed by atoms with Gasteiger partial charge in [-0.25, -0.2) is 4.98 Å². The third kappa shape index (κ3) is 1.96. The predicted molar refractivity (Wildman–Crippen MR) is 65.4 cm³/mol. The lowest BCUT2D eigenvalue weighted by molar-refractivity contribution is 0.713. The van der Waals surface area contributed by atoms with Gasteiger partial charge in [-0.1, -0.05) is 17.7 Å². The summed E-state index contributed by atoms with van der Waals surface area (Å²) in [6, 6.07) is 5.51. The third-order valence-electron chi connectivity index (χ3n) is 2.70. The molecule has 1 atom stereocenters. The number of aryl methyl sites for hydroxylation is 2. The molecule has 0 spiro atoms. The second-order valence-corrected chi connectivity index (χ2v) is 4.31. The molecule has 0 amide bonds. The van der Waals surface area contributed by atoms with Gasteiger partial charge in [0.2, 0.25) is 0 Å². The van der Waals surface area contributed by atoms with Crippen molar-refractivity contribution in [1.82, 2.24) is 9.55 Å². The summed E-state index contributed by atoms with van der Waals surface area (Å²) in [6.07, 6.45) is 3.64. The Hall–Kier alpha value is -1.32. The van der Waals surface area contributed by atoms with E-state index in [2.05, 4.69) is 4.98 Å². The molecule has 0 aliphatic heterocycles. The Morgan fingerprint density at radius 1 is 1.44 bits per heavy atom. The van der Waals surface area contributed by atoms with E-state index < -0.39 is 0 Å². The number of halogens is 1. The van der Waals surface area contributed by atoms with Crippen molar-refractivity contribution < 1.29 is 0 Å². The van der Waals surface area contributed by atoms with E-state index in [1.54, 1.807) is 6.20 Å². The molecule has 0 fully saturated rings. The summed E-state index contributed by atoms with van der Waals surface area (Å²) < 4.78 is 1.93. The predicted octanol–water partition coefficient (Wildman–Crippen LogP) is 2.43. The second kappa shape index (κ2) is 4.28. The quantitative estimate of drug-likeness (QED) is 0.869. The summed E-state index contributed by atoms with van der Waals surface area (Å²) in [6.45, 7) is 2.00. The number of nitrogens with zero attached hydrogens (tertiary/aromatic N) is 2. The van der Waals surface area contributed by atoms with Gasteiger partial charge in [0.05, 0.1) is 6.04 Å². The molecule has 2 N–H and O–H groups in total. The van der Waals surface area contributed by atoms with Crippen LogP contribution < -0.4 is 5.73 Å². The molecule has 0 aliphatic carbocycles. The molecule has 0 bridgehead atoms. The average Bonchev–Trinajstić information content (AvgIpc) is 2.63. The van der Waals surface area contributed by atoms with Crippen molar-refractivity contribution in [2.45, 2.75) is 13.0 Å². The Balaban J connectivity index is 2.41. The highest BCUT2D eigenvalue weighted by molar-refractivity contribution is 6.30. The van der Waals surface area contributed by atoms with Crippen molar-refractivity contribution in [1.29, 1.82) is 0 Å². The van der Waals surface area contributed by atoms with E-state index in [4.69, 9.17) is 17.3 Å². The van der Waals surface area contributed by atoms with E-state index in [1.807, 2.05) is 42.9 Å². The summed E-state index contributed by atoms with van der Waals surface area (Å²) in [5.41, 5.74) is 8.33. The summed E-state index contributed by atoms with van der Waals surface area (Å²) in [7, 11) is 1.94. The molecular weight excluding hydrogens is 222 g/mol. The lowest BCUT2D eigenvalue weighted by Gasteiger charge is -2.14. The van der Waals surface area contributed by atoms with Gasteiger partial charge in [-0.05, 0) is 30.2 Å². The van der Waals surface area contributed by atoms with Gasteiger partial charge >= 0.3 is 0 Å². The van der Waals surface area contributed by atoms with Crippen molar-refractivity contribution in [2.75, 3.05) is 0 Å². The van der Waals surface area contributed by atoms with Crippen LogP contribution >= 0.6 is 11.6 Å². The van der Waals surface area contributed by atoms with Crippen LogP contribution in [0.25, 0.3) is 0 Å². The molecule has 2 rings (SSSR count). The number of hydrogen-bond donors (Lipinski definition) is 1. The molecule has 0 aliphatic rings. The fraction of sp³-hybridized carbons (Fsp3) is 0.250. The first-order chi connectivity index (χ1) is 7.59. The monoisotopic (exact) mass is 235 g/mol. The maximum Gasteiger partial charge on any atom is 0.129 e. The van der Waals surface area contributed by atoms with Crippen LogP contribution in [0, 0.1) is 6.92 Å². The lowest BCUT2D eigenvalue weighted by atomic mass is 10.0. The maximum absolute atomic E-state index is 6.19. The van der Waals surface area contributed by atoms with Gasteiger partial charge in [0.15, 0.2) is 0 Å². The van der Waals surface area contributed by atoms with Crippen molar-refractivity contribution in [3.8, 4) is 0 Å². The molecule has 1 unspecified atom stereocenters. The van der Waals surface area contributed by atoms with Crippen LogP contribution in [0.1, 0.15) is 23.0 Å². The van der Waals surface area contributed by atoms with E-state index >= 15 is 0 Å². The normalized spacial score (nSPS) is 12.8. The Bertz CT molecular complexity index is 505. The van der Waals surface area contributed by atoms with Crippen LogP contribution in [0.4, 0.5) is 0 Å². The van der Waals surface area contributed by atoms with E-state index in [9.17, 15) is 0 Å². The molecule has 16 heavy (non-hydrogen) atoms. The van der Waals surface area contributed by atoms with Crippen molar-refractivity contribution in [2.24, 2.45) is 12.8 Å². The minimum absolute atomic E-state index is 0.211. The number of aromatic nitrogens is 2. The summed E-state index contributed by atoms with van der Waals surface area (Å²) in [5, 5.41) is 0.730. The highest BCUT2D eigenvalue weighted by Gasteiger charge is 2.15. The van der Waals surface area contributed by atoms with Crippen molar-refractivity contribution in [3.63, 3.8) is 0 Å². The van der Waals surface area contributed by atoms with Crippen LogP contribution in [0.2, 0.25) is 5.02 Å². The van der Waals surface area contributed by atoms with Gasteiger partial charge in [-0.3, -0.25) is 0 Å². The molecule has 1 aromatic heterocycles. The van der Waals surface area contributed by atoms with E-state index in [0.29, 0.717) is 0 Å². The molecule has 4 heteroatoms. The largest absolute Gasteiger partial charge is 0.336 e. The molecular formula is C12H14ClN3. The second-order valence-electron chi connectivity index (χ2n) is 3.87. The topological polar surface area (TPSA) is 43.8 Å². The smallest absolute Gasteiger partial charge is 0.129 e. The zero-order valence-corrected chi connectivity index (χ0v) is 10.1. The molecule has 0 saturated carbocycles. The summed E-state index contributed by atoms with van der Waals surface area (Å²) in [5.74, 6) is 0.852. The van der Waals surface area contributed by atoms with Crippen LogP contribution in [-0.2, 0) is 7.05 Å². The van der Waals surface area contributed by atoms with Crippen LogP contribution in [-0.4, -0.2) is 9.55 Å². The number of hydrogen-bond acceptors (Lipinski definition) is 2. The molecule has 0 radical (unpaired) electrons. The van der Waals surface area contributed by atoms with Crippen LogP contribution in [0.15, 0.2) is 30.6 Å². The lowest BCUT2D eigenvalue weighted by Crippen LogP contribution is -2.17. The SMILES string of the molecule is Cc1cc(Cl)ccc1C(N)c1nccn1C. The first kappa shape index (κ1) is 11.2. The molecule has 1 aromatic carbocycles. The van der Waals surface area contributed by atoms with Crippen molar-refractivity contribution in [3.05, 3.63) is 52.6 Å². The van der Waals surface area contributed by atoms with E-state index in [1.165, 1.54) is 0 Å². The number of nitrogens with two attached hydrogens (primary N) is 1. The standard InChI is InChI=1S/C12H14ClN3/c1-8-7-9(13)3-4-10(8)11(14)12-15-5-6-16(12)2/h3-7,11H,14H2,1-2H3.